The molecule has 0 aliphatic carbocycles. The first kappa shape index (κ1) is 10.4. The zero-order valence-electron chi connectivity index (χ0n) is 8.41. The molecule has 0 fully saturated rings. The van der Waals surface area contributed by atoms with Gasteiger partial charge in [-0.2, -0.15) is 5.26 Å². The second-order valence-electron chi connectivity index (χ2n) is 2.79. The molecule has 0 radical (unpaired) electrons. The minimum absolute atomic E-state index is 0.0435. The highest BCUT2D eigenvalue weighted by Gasteiger charge is 2.04. The molecule has 74 valence electrons. The van der Waals surface area contributed by atoms with Crippen LogP contribution in [0.25, 0.3) is 0 Å². The second kappa shape index (κ2) is 5.13. The van der Waals surface area contributed by atoms with Gasteiger partial charge in [-0.1, -0.05) is 13.0 Å². The van der Waals surface area contributed by atoms with Crippen LogP contribution in [-0.2, 0) is 6.42 Å². The number of benzene rings is 1. The summed E-state index contributed by atoms with van der Waals surface area (Å²) in [6.07, 6.45) is 0.953. The van der Waals surface area contributed by atoms with E-state index in [1.807, 2.05) is 24.3 Å². The molecule has 0 aliphatic rings. The molecule has 1 aromatic carbocycles. The Bertz CT molecular complexity index is 342. The zero-order valence-corrected chi connectivity index (χ0v) is 8.41. The predicted octanol–water partition coefficient (Wildman–Crippen LogP) is 2.16. The van der Waals surface area contributed by atoms with Crippen molar-refractivity contribution in [1.82, 2.24) is 0 Å². The van der Waals surface area contributed by atoms with E-state index in [1.54, 1.807) is 7.11 Å². The predicted molar refractivity (Wildman–Crippen MR) is 53.5 cm³/mol. The van der Waals surface area contributed by atoms with Crippen molar-refractivity contribution in [3.05, 3.63) is 23.8 Å². The van der Waals surface area contributed by atoms with Crippen molar-refractivity contribution < 1.29 is 9.47 Å². The Morgan fingerprint density at radius 2 is 2.14 bits per heavy atom. The first-order valence-electron chi connectivity index (χ1n) is 4.48. The summed E-state index contributed by atoms with van der Waals surface area (Å²) in [7, 11) is 1.59. The molecule has 1 aromatic rings. The number of aryl methyl sites for hydroxylation is 1. The van der Waals surface area contributed by atoms with Gasteiger partial charge >= 0.3 is 0 Å². The third kappa shape index (κ3) is 2.40. The van der Waals surface area contributed by atoms with Gasteiger partial charge in [0.25, 0.3) is 0 Å². The van der Waals surface area contributed by atoms with Gasteiger partial charge in [0.2, 0.25) is 0 Å². The average molecular weight is 191 g/mol. The summed E-state index contributed by atoms with van der Waals surface area (Å²) in [6, 6.07) is 7.64. The van der Waals surface area contributed by atoms with E-state index in [9.17, 15) is 0 Å². The molecule has 1 rings (SSSR count). The first-order valence-corrected chi connectivity index (χ1v) is 4.48. The van der Waals surface area contributed by atoms with E-state index in [4.69, 9.17) is 14.7 Å². The standard InChI is InChI=1S/C11H13NO2/c1-3-9-4-5-10(14-7-6-12)11(8-9)13-2/h4-5,8H,3,7H2,1-2H3. The van der Waals surface area contributed by atoms with Crippen LogP contribution in [0.15, 0.2) is 18.2 Å². The van der Waals surface area contributed by atoms with Crippen molar-refractivity contribution in [1.29, 1.82) is 5.26 Å². The van der Waals surface area contributed by atoms with E-state index in [1.165, 1.54) is 5.56 Å². The van der Waals surface area contributed by atoms with Crippen LogP contribution in [0.5, 0.6) is 11.5 Å². The average Bonchev–Trinajstić information content (AvgIpc) is 2.26. The molecule has 0 spiro atoms. The van der Waals surface area contributed by atoms with Crippen LogP contribution in [0.1, 0.15) is 12.5 Å². The molecule has 0 N–H and O–H groups in total. The molecule has 0 heterocycles. The SMILES string of the molecule is CCc1ccc(OCC#N)c(OC)c1. The van der Waals surface area contributed by atoms with Crippen LogP contribution < -0.4 is 9.47 Å². The molecule has 0 bridgehead atoms. The number of ether oxygens (including phenoxy) is 2. The molecule has 0 unspecified atom stereocenters. The molecule has 0 saturated heterocycles. The Hall–Kier alpha value is -1.69. The maximum absolute atomic E-state index is 8.38. The Morgan fingerprint density at radius 1 is 1.36 bits per heavy atom. The largest absolute Gasteiger partial charge is 0.493 e. The molecule has 0 saturated carbocycles. The quantitative estimate of drug-likeness (QED) is 0.732. The summed E-state index contributed by atoms with van der Waals surface area (Å²) in [5.41, 5.74) is 1.19. The van der Waals surface area contributed by atoms with Gasteiger partial charge in [0, 0.05) is 0 Å². The minimum atomic E-state index is 0.0435. The zero-order chi connectivity index (χ0) is 10.4. The lowest BCUT2D eigenvalue weighted by atomic mass is 10.1. The number of nitrogens with zero attached hydrogens (tertiary/aromatic N) is 1. The summed E-state index contributed by atoms with van der Waals surface area (Å²) < 4.78 is 10.3. The van der Waals surface area contributed by atoms with Gasteiger partial charge in [-0.15, -0.1) is 0 Å². The Labute approximate surface area is 83.9 Å². The summed E-state index contributed by atoms with van der Waals surface area (Å²) in [6.45, 7) is 2.12. The summed E-state index contributed by atoms with van der Waals surface area (Å²) in [5, 5.41) is 8.38. The Morgan fingerprint density at radius 3 is 2.71 bits per heavy atom. The molecule has 3 nitrogen and oxygen atoms in total. The number of hydrogen-bond donors (Lipinski definition) is 0. The fraction of sp³-hybridized carbons (Fsp3) is 0.364. The van der Waals surface area contributed by atoms with E-state index < -0.39 is 0 Å². The number of nitriles is 1. The molecule has 3 heteroatoms. The van der Waals surface area contributed by atoms with Crippen molar-refractivity contribution in [3.63, 3.8) is 0 Å². The fourth-order valence-corrected chi connectivity index (χ4v) is 1.16. The third-order valence-electron chi connectivity index (χ3n) is 1.93. The summed E-state index contributed by atoms with van der Waals surface area (Å²) >= 11 is 0. The molecule has 0 atom stereocenters. The number of hydrogen-bond acceptors (Lipinski definition) is 3. The topological polar surface area (TPSA) is 42.2 Å². The van der Waals surface area contributed by atoms with Crippen LogP contribution in [0.4, 0.5) is 0 Å². The normalized spacial score (nSPS) is 9.21. The van der Waals surface area contributed by atoms with E-state index >= 15 is 0 Å². The first-order chi connectivity index (χ1) is 6.81. The van der Waals surface area contributed by atoms with Crippen LogP contribution in [0, 0.1) is 11.3 Å². The van der Waals surface area contributed by atoms with Crippen molar-refractivity contribution in [2.24, 2.45) is 0 Å². The third-order valence-corrected chi connectivity index (χ3v) is 1.93. The molecular weight excluding hydrogens is 178 g/mol. The van der Waals surface area contributed by atoms with Crippen molar-refractivity contribution in [2.75, 3.05) is 13.7 Å². The van der Waals surface area contributed by atoms with Gasteiger partial charge in [-0.25, -0.2) is 0 Å². The highest BCUT2D eigenvalue weighted by Crippen LogP contribution is 2.27. The van der Waals surface area contributed by atoms with Crippen LogP contribution in [-0.4, -0.2) is 13.7 Å². The number of methoxy groups -OCH3 is 1. The maximum Gasteiger partial charge on any atom is 0.174 e. The smallest absolute Gasteiger partial charge is 0.174 e. The highest BCUT2D eigenvalue weighted by molar-refractivity contribution is 5.43. The van der Waals surface area contributed by atoms with Gasteiger partial charge in [0.05, 0.1) is 7.11 Å². The highest BCUT2D eigenvalue weighted by atomic mass is 16.5. The van der Waals surface area contributed by atoms with Crippen molar-refractivity contribution in [3.8, 4) is 17.6 Å². The van der Waals surface area contributed by atoms with Gasteiger partial charge in [0.15, 0.2) is 18.1 Å². The monoisotopic (exact) mass is 191 g/mol. The second-order valence-corrected chi connectivity index (χ2v) is 2.79. The van der Waals surface area contributed by atoms with Crippen LogP contribution >= 0.6 is 0 Å². The molecular formula is C11H13NO2. The van der Waals surface area contributed by atoms with E-state index in [0.29, 0.717) is 11.5 Å². The van der Waals surface area contributed by atoms with Gasteiger partial charge < -0.3 is 9.47 Å². The van der Waals surface area contributed by atoms with Gasteiger partial charge in [-0.3, -0.25) is 0 Å². The lowest BCUT2D eigenvalue weighted by molar-refractivity contribution is 0.329. The fourth-order valence-electron chi connectivity index (χ4n) is 1.16. The molecule has 0 amide bonds. The van der Waals surface area contributed by atoms with E-state index in [0.717, 1.165) is 6.42 Å². The molecule has 0 aromatic heterocycles. The lowest BCUT2D eigenvalue weighted by Crippen LogP contribution is -1.97. The van der Waals surface area contributed by atoms with Gasteiger partial charge in [0.1, 0.15) is 6.07 Å². The van der Waals surface area contributed by atoms with Crippen LogP contribution in [0.2, 0.25) is 0 Å². The van der Waals surface area contributed by atoms with Crippen LogP contribution in [0.3, 0.4) is 0 Å². The molecule has 0 aliphatic heterocycles. The lowest BCUT2D eigenvalue weighted by Gasteiger charge is -2.09. The minimum Gasteiger partial charge on any atom is -0.493 e. The summed E-state index contributed by atoms with van der Waals surface area (Å²) in [5.74, 6) is 1.30. The van der Waals surface area contributed by atoms with Gasteiger partial charge in [-0.05, 0) is 24.1 Å². The Balaban J connectivity index is 2.88. The Kier molecular flexibility index (Phi) is 3.81. The maximum atomic E-state index is 8.38. The molecule has 14 heavy (non-hydrogen) atoms. The van der Waals surface area contributed by atoms with E-state index in [-0.39, 0.29) is 6.61 Å². The number of rotatable bonds is 4. The van der Waals surface area contributed by atoms with Crippen molar-refractivity contribution >= 4 is 0 Å². The van der Waals surface area contributed by atoms with Crippen molar-refractivity contribution in [2.45, 2.75) is 13.3 Å². The summed E-state index contributed by atoms with van der Waals surface area (Å²) in [4.78, 5) is 0. The van der Waals surface area contributed by atoms with E-state index in [2.05, 4.69) is 6.92 Å².